The smallest absolute Gasteiger partial charge is 0.141 e. The molecule has 2 aromatic carbocycles. The minimum Gasteiger partial charge on any atom is -0.206 e. The van der Waals surface area contributed by atoms with E-state index in [-0.39, 0.29) is 33.4 Å². The summed E-state index contributed by atoms with van der Waals surface area (Å²) in [7, 11) is 0. The molecule has 0 amide bonds. The van der Waals surface area contributed by atoms with E-state index in [1.165, 1.54) is 0 Å². The third-order valence-corrected chi connectivity index (χ3v) is 2.99. The van der Waals surface area contributed by atoms with Crippen LogP contribution >= 0.6 is 0 Å². The number of nitriles is 4. The number of benzene rings is 2. The van der Waals surface area contributed by atoms with Crippen molar-refractivity contribution in [2.75, 3.05) is 0 Å². The van der Waals surface area contributed by atoms with Crippen molar-refractivity contribution in [2.24, 2.45) is 0 Å². The zero-order chi connectivity index (χ0) is 18.3. The van der Waals surface area contributed by atoms with Crippen LogP contribution in [0.25, 0.3) is 11.1 Å². The van der Waals surface area contributed by atoms with Crippen LogP contribution in [0, 0.1) is 57.0 Å². The summed E-state index contributed by atoms with van der Waals surface area (Å²) >= 11 is 0. The summed E-state index contributed by atoms with van der Waals surface area (Å²) in [5.74, 6) is -1.77. The lowest BCUT2D eigenvalue weighted by Gasteiger charge is -2.09. The van der Waals surface area contributed by atoms with Gasteiger partial charge < -0.3 is 0 Å². The fourth-order valence-electron chi connectivity index (χ4n) is 1.95. The Labute approximate surface area is 138 Å². The Morgan fingerprint density at radius 3 is 1.12 bits per heavy atom. The van der Waals surface area contributed by atoms with Crippen LogP contribution in [0.5, 0.6) is 0 Å². The van der Waals surface area contributed by atoms with Crippen LogP contribution in [0.3, 0.4) is 0 Å². The van der Waals surface area contributed by atoms with E-state index in [0.717, 1.165) is 24.3 Å². The first-order valence-corrected chi connectivity index (χ1v) is 6.83. The summed E-state index contributed by atoms with van der Waals surface area (Å²) in [6.45, 7) is 4.00. The quantitative estimate of drug-likeness (QED) is 0.788. The molecule has 0 heterocycles. The highest BCUT2D eigenvalue weighted by molar-refractivity contribution is 5.77. The number of halogens is 2. The van der Waals surface area contributed by atoms with Crippen LogP contribution in [-0.4, -0.2) is 0 Å². The number of hydrogen-bond acceptors (Lipinski definition) is 4. The number of hydrogen-bond donors (Lipinski definition) is 0. The Balaban J connectivity index is 0.00000139. The average Bonchev–Trinajstić information content (AvgIpc) is 2.62. The second kappa shape index (κ2) is 8.04. The van der Waals surface area contributed by atoms with Gasteiger partial charge in [-0.3, -0.25) is 0 Å². The maximum absolute atomic E-state index is 13.8. The first-order valence-electron chi connectivity index (χ1n) is 6.83. The molecule has 0 aliphatic rings. The van der Waals surface area contributed by atoms with Gasteiger partial charge in [-0.2, -0.15) is 21.0 Å². The van der Waals surface area contributed by atoms with Gasteiger partial charge in [0.05, 0.1) is 34.4 Å². The monoisotopic (exact) mass is 320 g/mol. The van der Waals surface area contributed by atoms with E-state index in [0.29, 0.717) is 0 Å². The maximum atomic E-state index is 13.8. The van der Waals surface area contributed by atoms with E-state index in [1.807, 2.05) is 13.8 Å². The molecular weight excluding hydrogens is 310 g/mol. The van der Waals surface area contributed by atoms with Gasteiger partial charge >= 0.3 is 0 Å². The lowest BCUT2D eigenvalue weighted by Crippen LogP contribution is -1.96. The van der Waals surface area contributed by atoms with Crippen molar-refractivity contribution in [3.8, 4) is 35.4 Å². The fourth-order valence-corrected chi connectivity index (χ4v) is 1.95. The summed E-state index contributed by atoms with van der Waals surface area (Å²) in [6, 6.07) is 10.6. The standard InChI is InChI=1S/C16H4F2N4.C2H6/c17-15-3-13(9(5-19)1-11(15)7-21)14-4-16(18)12(8-22)2-10(14)6-20;1-2/h1-4H;1-2H3. The molecule has 116 valence electrons. The minimum absolute atomic E-state index is 0.0149. The molecular formula is C18H10F2N4. The molecule has 0 atom stereocenters. The highest BCUT2D eigenvalue weighted by Crippen LogP contribution is 2.30. The van der Waals surface area contributed by atoms with Gasteiger partial charge in [0.25, 0.3) is 0 Å². The van der Waals surface area contributed by atoms with Gasteiger partial charge in [0, 0.05) is 11.1 Å². The van der Waals surface area contributed by atoms with Gasteiger partial charge in [-0.05, 0) is 24.3 Å². The third-order valence-electron chi connectivity index (χ3n) is 2.99. The van der Waals surface area contributed by atoms with Gasteiger partial charge in [-0.25, -0.2) is 8.78 Å². The maximum Gasteiger partial charge on any atom is 0.141 e. The van der Waals surface area contributed by atoms with E-state index >= 15 is 0 Å². The molecule has 0 fully saturated rings. The number of rotatable bonds is 1. The minimum atomic E-state index is -0.884. The van der Waals surface area contributed by atoms with Crippen molar-refractivity contribution in [3.05, 3.63) is 58.2 Å². The van der Waals surface area contributed by atoms with Crippen LogP contribution < -0.4 is 0 Å². The predicted molar refractivity (Wildman–Crippen MR) is 82.0 cm³/mol. The number of nitrogens with zero attached hydrogens (tertiary/aromatic N) is 4. The van der Waals surface area contributed by atoms with Crippen LogP contribution in [0.15, 0.2) is 24.3 Å². The Hall–Kier alpha value is -3.74. The molecule has 0 bridgehead atoms. The van der Waals surface area contributed by atoms with E-state index in [4.69, 9.17) is 21.0 Å². The molecule has 0 radical (unpaired) electrons. The summed E-state index contributed by atoms with van der Waals surface area (Å²) in [5, 5.41) is 35.8. The molecule has 0 saturated heterocycles. The summed E-state index contributed by atoms with van der Waals surface area (Å²) in [5.41, 5.74) is -0.823. The predicted octanol–water partition coefficient (Wildman–Crippen LogP) is 4.14. The van der Waals surface area contributed by atoms with E-state index < -0.39 is 11.6 Å². The second-order valence-electron chi connectivity index (χ2n) is 4.20. The zero-order valence-electron chi connectivity index (χ0n) is 12.9. The highest BCUT2D eigenvalue weighted by Gasteiger charge is 2.17. The molecule has 6 heteroatoms. The van der Waals surface area contributed by atoms with E-state index in [1.54, 1.807) is 24.3 Å². The molecule has 4 nitrogen and oxygen atoms in total. The molecule has 24 heavy (non-hydrogen) atoms. The van der Waals surface area contributed by atoms with Crippen molar-refractivity contribution < 1.29 is 8.78 Å². The Morgan fingerprint density at radius 1 is 0.583 bits per heavy atom. The van der Waals surface area contributed by atoms with E-state index in [9.17, 15) is 8.78 Å². The molecule has 0 aliphatic heterocycles. The highest BCUT2D eigenvalue weighted by atomic mass is 19.1. The average molecular weight is 320 g/mol. The first kappa shape index (κ1) is 18.3. The molecule has 0 spiro atoms. The third kappa shape index (κ3) is 3.36. The van der Waals surface area contributed by atoms with Crippen molar-refractivity contribution in [2.45, 2.75) is 13.8 Å². The normalized spacial score (nSPS) is 8.67. The Morgan fingerprint density at radius 2 is 0.875 bits per heavy atom. The molecule has 2 rings (SSSR count). The van der Waals surface area contributed by atoms with Crippen LogP contribution in [0.4, 0.5) is 8.78 Å². The second-order valence-corrected chi connectivity index (χ2v) is 4.20. The molecule has 0 aliphatic carbocycles. The van der Waals surface area contributed by atoms with Gasteiger partial charge in [-0.15, -0.1) is 0 Å². The summed E-state index contributed by atoms with van der Waals surface area (Å²) in [4.78, 5) is 0. The molecule has 0 N–H and O–H groups in total. The van der Waals surface area contributed by atoms with Crippen molar-refractivity contribution >= 4 is 0 Å². The van der Waals surface area contributed by atoms with Crippen molar-refractivity contribution in [1.29, 1.82) is 21.0 Å². The van der Waals surface area contributed by atoms with Gasteiger partial charge in [0.2, 0.25) is 0 Å². The molecule has 0 unspecified atom stereocenters. The first-order chi connectivity index (χ1) is 11.5. The lowest BCUT2D eigenvalue weighted by atomic mass is 9.93. The Kier molecular flexibility index (Phi) is 6.13. The van der Waals surface area contributed by atoms with E-state index in [2.05, 4.69) is 0 Å². The van der Waals surface area contributed by atoms with Gasteiger partial charge in [-0.1, -0.05) is 13.8 Å². The van der Waals surface area contributed by atoms with Crippen LogP contribution in [0.2, 0.25) is 0 Å². The molecule has 2 aromatic rings. The summed E-state index contributed by atoms with van der Waals surface area (Å²) < 4.78 is 27.5. The van der Waals surface area contributed by atoms with Gasteiger partial charge in [0.1, 0.15) is 23.8 Å². The van der Waals surface area contributed by atoms with Crippen molar-refractivity contribution in [3.63, 3.8) is 0 Å². The molecule has 0 saturated carbocycles. The Bertz CT molecular complexity index is 872. The van der Waals surface area contributed by atoms with Crippen LogP contribution in [-0.2, 0) is 0 Å². The SMILES string of the molecule is CC.N#Cc1cc(C#N)c(-c2cc(F)c(C#N)cc2C#N)cc1F. The lowest BCUT2D eigenvalue weighted by molar-refractivity contribution is 0.622. The fraction of sp³-hybridized carbons (Fsp3) is 0.111. The molecule has 0 aromatic heterocycles. The van der Waals surface area contributed by atoms with Gasteiger partial charge in [0.15, 0.2) is 0 Å². The zero-order valence-corrected chi connectivity index (χ0v) is 12.9. The topological polar surface area (TPSA) is 95.2 Å². The largest absolute Gasteiger partial charge is 0.206 e. The van der Waals surface area contributed by atoms with Crippen molar-refractivity contribution in [1.82, 2.24) is 0 Å². The summed E-state index contributed by atoms with van der Waals surface area (Å²) in [6.07, 6.45) is 0. The van der Waals surface area contributed by atoms with Crippen LogP contribution in [0.1, 0.15) is 36.1 Å².